The molecule has 0 bridgehead atoms. The summed E-state index contributed by atoms with van der Waals surface area (Å²) in [4.78, 5) is 0. The SMILES string of the molecule is CC(C)O[Si](C)(C)OC(C)C.CC(C)O[Si](OC(C)C)(C(C)C)C(C)C.CC(C)O[Si](O[Si](OC(C)C)(C(C)C)C(C)C)(C(C)C)C(C)C. The van der Waals surface area contributed by atoms with E-state index in [0.29, 0.717) is 33.2 Å². The van der Waals surface area contributed by atoms with E-state index in [1.165, 1.54) is 0 Å². The van der Waals surface area contributed by atoms with Crippen molar-refractivity contribution in [3.63, 3.8) is 0 Å². The molecule has 0 radical (unpaired) electrons. The largest absolute Gasteiger partial charge is 0.414 e. The zero-order valence-corrected chi connectivity index (χ0v) is 41.8. The lowest BCUT2D eigenvalue weighted by atomic mass is 10.5. The van der Waals surface area contributed by atoms with Crippen molar-refractivity contribution in [2.45, 2.75) is 249 Å². The molecule has 0 aliphatic heterocycles. The zero-order chi connectivity index (χ0) is 39.9. The van der Waals surface area contributed by atoms with Gasteiger partial charge in [-0.25, -0.2) is 0 Å². The van der Waals surface area contributed by atoms with Crippen LogP contribution in [0.25, 0.3) is 0 Å². The highest BCUT2D eigenvalue weighted by Crippen LogP contribution is 2.45. The van der Waals surface area contributed by atoms with Gasteiger partial charge in [-0.3, -0.25) is 0 Å². The fraction of sp³-hybridized carbons (Fsp3) is 1.00. The van der Waals surface area contributed by atoms with Crippen LogP contribution >= 0.6 is 0 Å². The van der Waals surface area contributed by atoms with Crippen LogP contribution in [0, 0.1) is 0 Å². The number of rotatable bonds is 20. The summed E-state index contributed by atoms with van der Waals surface area (Å²) in [5.41, 5.74) is 2.55. The average Bonchev–Trinajstić information content (AvgIpc) is 2.84. The Bertz CT molecular complexity index is 747. The molecule has 0 amide bonds. The minimum Gasteiger partial charge on any atom is -0.414 e. The van der Waals surface area contributed by atoms with Crippen LogP contribution in [0.1, 0.15) is 166 Å². The van der Waals surface area contributed by atoms with Crippen LogP contribution in [0.3, 0.4) is 0 Å². The van der Waals surface area contributed by atoms with Crippen molar-refractivity contribution in [2.24, 2.45) is 0 Å². The molecule has 0 unspecified atom stereocenters. The molecule has 0 heterocycles. The second kappa shape index (κ2) is 24.1. The van der Waals surface area contributed by atoms with Crippen molar-refractivity contribution in [2.75, 3.05) is 0 Å². The predicted molar refractivity (Wildman–Crippen MR) is 224 cm³/mol. The molecule has 0 aromatic heterocycles. The smallest absolute Gasteiger partial charge is 0.343 e. The van der Waals surface area contributed by atoms with E-state index >= 15 is 0 Å². The number of hydrogen-bond acceptors (Lipinski definition) is 7. The molecule has 300 valence electrons. The first-order chi connectivity index (χ1) is 21.9. The third-order valence-corrected chi connectivity index (χ3v) is 25.5. The van der Waals surface area contributed by atoms with Crippen molar-refractivity contribution in [3.05, 3.63) is 0 Å². The van der Waals surface area contributed by atoms with E-state index in [1.807, 2.05) is 27.7 Å². The summed E-state index contributed by atoms with van der Waals surface area (Å²) in [5, 5.41) is 0. The van der Waals surface area contributed by atoms with Crippen molar-refractivity contribution < 1.29 is 30.7 Å². The lowest BCUT2D eigenvalue weighted by Crippen LogP contribution is -2.62. The Morgan fingerprint density at radius 2 is 0.408 bits per heavy atom. The van der Waals surface area contributed by atoms with Crippen LogP contribution in [0.15, 0.2) is 0 Å². The summed E-state index contributed by atoms with van der Waals surface area (Å²) in [6.45, 7) is 56.1. The van der Waals surface area contributed by atoms with Gasteiger partial charge in [-0.2, -0.15) is 0 Å². The van der Waals surface area contributed by atoms with E-state index in [0.717, 1.165) is 0 Å². The summed E-state index contributed by atoms with van der Waals surface area (Å²) >= 11 is 0. The molecule has 0 rings (SSSR count). The van der Waals surface area contributed by atoms with Crippen molar-refractivity contribution in [3.8, 4) is 0 Å². The van der Waals surface area contributed by atoms with Crippen LogP contribution in [0.4, 0.5) is 0 Å². The Hall–Kier alpha value is 0.588. The van der Waals surface area contributed by atoms with Crippen LogP contribution in [0.5, 0.6) is 0 Å². The van der Waals surface area contributed by atoms with E-state index in [2.05, 4.69) is 152 Å². The monoisotopic (exact) mass is 771 g/mol. The third-order valence-electron chi connectivity index (χ3n) is 7.87. The van der Waals surface area contributed by atoms with Crippen LogP contribution in [-0.4, -0.2) is 70.9 Å². The predicted octanol–water partition coefficient (Wildman–Crippen LogP) is 13.0. The molecule has 49 heavy (non-hydrogen) atoms. The fourth-order valence-electron chi connectivity index (χ4n) is 6.52. The van der Waals surface area contributed by atoms with Gasteiger partial charge in [0, 0.05) is 36.6 Å². The summed E-state index contributed by atoms with van der Waals surface area (Å²) in [6, 6.07) is 0. The number of hydrogen-bond donors (Lipinski definition) is 0. The molecule has 0 aromatic rings. The normalized spacial score (nSPS) is 13.8. The van der Waals surface area contributed by atoms with E-state index in [9.17, 15) is 0 Å². The quantitative estimate of drug-likeness (QED) is 0.114. The van der Waals surface area contributed by atoms with E-state index in [-0.39, 0.29) is 36.6 Å². The van der Waals surface area contributed by atoms with Crippen LogP contribution in [-0.2, 0) is 30.7 Å². The molecule has 11 heteroatoms. The lowest BCUT2D eigenvalue weighted by molar-refractivity contribution is 0.0928. The van der Waals surface area contributed by atoms with Gasteiger partial charge in [-0.15, -0.1) is 0 Å². The highest BCUT2D eigenvalue weighted by molar-refractivity contribution is 6.83. The Labute approximate surface area is 313 Å². The zero-order valence-electron chi connectivity index (χ0n) is 37.8. The Morgan fingerprint density at radius 1 is 0.245 bits per heavy atom. The van der Waals surface area contributed by atoms with Crippen molar-refractivity contribution in [1.29, 1.82) is 0 Å². The summed E-state index contributed by atoms with van der Waals surface area (Å²) in [6.07, 6.45) is 1.40. The van der Waals surface area contributed by atoms with Crippen LogP contribution < -0.4 is 0 Å². The molecule has 0 aliphatic carbocycles. The Morgan fingerprint density at radius 3 is 0.551 bits per heavy atom. The van der Waals surface area contributed by atoms with Gasteiger partial charge in [0.1, 0.15) is 0 Å². The molecule has 0 N–H and O–H groups in total. The second-order valence-corrected chi connectivity index (χ2v) is 33.9. The van der Waals surface area contributed by atoms with E-state index in [4.69, 9.17) is 30.7 Å². The lowest BCUT2D eigenvalue weighted by Gasteiger charge is -2.49. The van der Waals surface area contributed by atoms with Crippen molar-refractivity contribution in [1.82, 2.24) is 0 Å². The first-order valence-corrected chi connectivity index (χ1v) is 28.4. The van der Waals surface area contributed by atoms with Gasteiger partial charge in [0.15, 0.2) is 0 Å². The molecule has 7 nitrogen and oxygen atoms in total. The molecular weight excluding hydrogens is 681 g/mol. The first kappa shape index (κ1) is 53.9. The maximum atomic E-state index is 7.13. The molecule has 0 atom stereocenters. The van der Waals surface area contributed by atoms with Gasteiger partial charge >= 0.3 is 34.2 Å². The molecule has 0 aliphatic rings. The maximum Gasteiger partial charge on any atom is 0.343 e. The van der Waals surface area contributed by atoms with Gasteiger partial charge < -0.3 is 30.7 Å². The topological polar surface area (TPSA) is 64.6 Å². The van der Waals surface area contributed by atoms with Gasteiger partial charge in [-0.1, -0.05) is 83.1 Å². The third kappa shape index (κ3) is 20.0. The average molecular weight is 771 g/mol. The first-order valence-electron chi connectivity index (χ1n) is 19.6. The van der Waals surface area contributed by atoms with E-state index < -0.39 is 34.2 Å². The summed E-state index contributed by atoms with van der Waals surface area (Å²) in [7, 11) is -8.71. The molecule has 0 saturated heterocycles. The van der Waals surface area contributed by atoms with Gasteiger partial charge in [-0.05, 0) is 129 Å². The van der Waals surface area contributed by atoms with E-state index in [1.54, 1.807) is 0 Å². The molecular formula is C38H90O7Si4. The highest BCUT2D eigenvalue weighted by Gasteiger charge is 2.56. The maximum absolute atomic E-state index is 7.13. The van der Waals surface area contributed by atoms with Gasteiger partial charge in [0.2, 0.25) is 0 Å². The molecule has 0 fully saturated rings. The Balaban J connectivity index is -0.000000700. The summed E-state index contributed by atoms with van der Waals surface area (Å²) in [5.74, 6) is 0. The standard InChI is InChI=1S/C18H42O3Si2.C12H28O2Si.C8H20O2Si/c1-13(2)19-22(15(5)6,16(7)8)21-23(17(9)10,18(11)12)20-14(3)4;1-9(2)13-15(11(5)6,12(7)8)14-10(3)4;1-7(2)9-11(5,6)10-8(3)4/h13-18H,1-12H3;9-12H,1-8H3;7-8H,1-6H3. The summed E-state index contributed by atoms with van der Waals surface area (Å²) < 4.78 is 44.0. The van der Waals surface area contributed by atoms with Gasteiger partial charge in [0.05, 0.1) is 0 Å². The molecule has 0 spiro atoms. The minimum absolute atomic E-state index is 0.177. The highest BCUT2D eigenvalue weighted by atomic mass is 28.5. The van der Waals surface area contributed by atoms with Crippen LogP contribution in [0.2, 0.25) is 46.3 Å². The Kier molecular flexibility index (Phi) is 26.5. The fourth-order valence-corrected chi connectivity index (χ4v) is 24.2. The molecule has 0 saturated carbocycles. The van der Waals surface area contributed by atoms with Crippen molar-refractivity contribution >= 4 is 34.2 Å². The second-order valence-electron chi connectivity index (χ2n) is 17.6. The molecule has 0 aromatic carbocycles. The minimum atomic E-state index is -2.40. The van der Waals surface area contributed by atoms with Gasteiger partial charge in [0.25, 0.3) is 0 Å².